The first-order chi connectivity index (χ1) is 9.70. The van der Waals surface area contributed by atoms with Crippen LogP contribution in [0.4, 0.5) is 0 Å². The number of sulfonamides is 1. The summed E-state index contributed by atoms with van der Waals surface area (Å²) in [7, 11) is -0.247. The highest BCUT2D eigenvalue weighted by Gasteiger charge is 2.35. The van der Waals surface area contributed by atoms with Crippen LogP contribution in [0, 0.1) is 19.8 Å². The Hall–Kier alpha value is -0.960. The summed E-state index contributed by atoms with van der Waals surface area (Å²) in [5, 5.41) is 17.2. The molecule has 1 fully saturated rings. The lowest BCUT2D eigenvalue weighted by Crippen LogP contribution is -2.33. The molecule has 1 aliphatic rings. The molecule has 0 spiro atoms. The van der Waals surface area contributed by atoms with Gasteiger partial charge in [0.25, 0.3) is 0 Å². The van der Waals surface area contributed by atoms with Crippen molar-refractivity contribution in [2.24, 2.45) is 5.92 Å². The van der Waals surface area contributed by atoms with Crippen LogP contribution in [0.5, 0.6) is 0 Å². The van der Waals surface area contributed by atoms with Gasteiger partial charge in [-0.25, -0.2) is 12.7 Å². The molecule has 120 valence electrons. The quantitative estimate of drug-likeness (QED) is 0.779. The van der Waals surface area contributed by atoms with E-state index in [1.165, 1.54) is 18.4 Å². The molecule has 7 nitrogen and oxygen atoms in total. The minimum atomic E-state index is -3.29. The average Bonchev–Trinajstić information content (AvgIpc) is 2.86. The van der Waals surface area contributed by atoms with Crippen molar-refractivity contribution in [3.8, 4) is 0 Å². The van der Waals surface area contributed by atoms with Crippen LogP contribution in [0.2, 0.25) is 0 Å². The van der Waals surface area contributed by atoms with Crippen molar-refractivity contribution in [1.82, 2.24) is 19.4 Å². The minimum absolute atomic E-state index is 0.0129. The number of H-pyrrole nitrogens is 1. The first-order valence-electron chi connectivity index (χ1n) is 7.01. The third kappa shape index (κ3) is 3.63. The highest BCUT2D eigenvalue weighted by molar-refractivity contribution is 7.89. The van der Waals surface area contributed by atoms with E-state index in [2.05, 4.69) is 15.1 Å². The van der Waals surface area contributed by atoms with Crippen LogP contribution >= 0.6 is 0 Å². The number of aromatic amines is 1. The van der Waals surface area contributed by atoms with Crippen LogP contribution in [0.1, 0.15) is 17.0 Å². The molecule has 2 N–H and O–H groups in total. The molecule has 1 saturated heterocycles. The Morgan fingerprint density at radius 1 is 1.38 bits per heavy atom. The van der Waals surface area contributed by atoms with Crippen molar-refractivity contribution in [2.75, 3.05) is 32.9 Å². The minimum Gasteiger partial charge on any atom is -0.391 e. The molecule has 2 rings (SSSR count). The zero-order chi connectivity index (χ0) is 15.8. The van der Waals surface area contributed by atoms with E-state index in [1.807, 2.05) is 13.8 Å². The molecule has 0 saturated carbocycles. The van der Waals surface area contributed by atoms with E-state index in [4.69, 9.17) is 0 Å². The van der Waals surface area contributed by atoms with Gasteiger partial charge in [-0.2, -0.15) is 5.10 Å². The Labute approximate surface area is 126 Å². The zero-order valence-electron chi connectivity index (χ0n) is 13.0. The molecule has 0 radical (unpaired) electrons. The lowest BCUT2D eigenvalue weighted by Gasteiger charge is -2.18. The molecule has 2 heterocycles. The predicted octanol–water partition coefficient (Wildman–Crippen LogP) is -0.289. The number of β-amino-alcohol motifs (C(OH)–C–C–N with tert-alkyl or cyclic N) is 1. The van der Waals surface area contributed by atoms with Crippen LogP contribution in [-0.2, 0) is 16.6 Å². The standard InChI is InChI=1S/C13H24N4O3S/c1-9-12(10(2)15-14-9)6-17-5-11(13(18)7-17)8-21(19,20)16(3)4/h11,13,18H,5-8H2,1-4H3,(H,14,15)/t11-,13-/m0/s1. The Morgan fingerprint density at radius 2 is 2.05 bits per heavy atom. The Morgan fingerprint density at radius 3 is 2.57 bits per heavy atom. The summed E-state index contributed by atoms with van der Waals surface area (Å²) in [4.78, 5) is 2.09. The number of aliphatic hydroxyl groups is 1. The highest BCUT2D eigenvalue weighted by Crippen LogP contribution is 2.23. The second kappa shape index (κ2) is 6.04. The molecule has 2 atom stereocenters. The van der Waals surface area contributed by atoms with Gasteiger partial charge in [-0.3, -0.25) is 10.00 Å². The van der Waals surface area contributed by atoms with Gasteiger partial charge >= 0.3 is 0 Å². The fourth-order valence-corrected chi connectivity index (χ4v) is 3.85. The molecule has 1 aromatic heterocycles. The van der Waals surface area contributed by atoms with Crippen LogP contribution in [0.25, 0.3) is 0 Å². The van der Waals surface area contributed by atoms with Gasteiger partial charge in [-0.05, 0) is 13.8 Å². The molecule has 0 amide bonds. The van der Waals surface area contributed by atoms with E-state index in [9.17, 15) is 13.5 Å². The summed E-state index contributed by atoms with van der Waals surface area (Å²) in [6, 6.07) is 0. The summed E-state index contributed by atoms with van der Waals surface area (Å²) in [5.41, 5.74) is 3.09. The van der Waals surface area contributed by atoms with Gasteiger partial charge in [0.05, 0.1) is 17.6 Å². The third-order valence-electron chi connectivity index (χ3n) is 4.13. The lowest BCUT2D eigenvalue weighted by molar-refractivity contribution is 0.148. The van der Waals surface area contributed by atoms with E-state index in [-0.39, 0.29) is 11.7 Å². The maximum Gasteiger partial charge on any atom is 0.214 e. The number of aliphatic hydroxyl groups excluding tert-OH is 1. The smallest absolute Gasteiger partial charge is 0.214 e. The van der Waals surface area contributed by atoms with Crippen molar-refractivity contribution in [1.29, 1.82) is 0 Å². The number of rotatable bonds is 5. The Kier molecular flexibility index (Phi) is 4.72. The molecule has 8 heteroatoms. The second-order valence-electron chi connectivity index (χ2n) is 6.00. The summed E-state index contributed by atoms with van der Waals surface area (Å²) in [5.74, 6) is -0.258. The van der Waals surface area contributed by atoms with Crippen LogP contribution in [0.15, 0.2) is 0 Å². The first-order valence-corrected chi connectivity index (χ1v) is 8.62. The predicted molar refractivity (Wildman–Crippen MR) is 80.3 cm³/mol. The third-order valence-corrected chi connectivity index (χ3v) is 6.09. The van der Waals surface area contributed by atoms with E-state index in [0.717, 1.165) is 17.0 Å². The number of nitrogens with zero attached hydrogens (tertiary/aromatic N) is 3. The van der Waals surface area contributed by atoms with Gasteiger partial charge in [0, 0.05) is 50.9 Å². The molecule has 0 aliphatic carbocycles. The maximum atomic E-state index is 11.9. The topological polar surface area (TPSA) is 89.5 Å². The molecule has 0 unspecified atom stereocenters. The molecular weight excluding hydrogens is 292 g/mol. The summed E-state index contributed by atoms with van der Waals surface area (Å²) >= 11 is 0. The molecule has 0 bridgehead atoms. The van der Waals surface area contributed by atoms with Crippen molar-refractivity contribution < 1.29 is 13.5 Å². The van der Waals surface area contributed by atoms with Gasteiger partial charge in [0.15, 0.2) is 0 Å². The number of likely N-dealkylation sites (tertiary alicyclic amines) is 1. The van der Waals surface area contributed by atoms with Crippen LogP contribution in [0.3, 0.4) is 0 Å². The summed E-state index contributed by atoms with van der Waals surface area (Å²) in [6.45, 7) is 5.68. The van der Waals surface area contributed by atoms with Gasteiger partial charge in [0.1, 0.15) is 0 Å². The highest BCUT2D eigenvalue weighted by atomic mass is 32.2. The second-order valence-corrected chi connectivity index (χ2v) is 8.22. The number of nitrogens with one attached hydrogen (secondary N) is 1. The maximum absolute atomic E-state index is 11.9. The summed E-state index contributed by atoms with van der Waals surface area (Å²) < 4.78 is 25.1. The number of aromatic nitrogens is 2. The monoisotopic (exact) mass is 316 g/mol. The Bertz CT molecular complexity index is 577. The number of hydrogen-bond acceptors (Lipinski definition) is 5. The molecule has 1 aliphatic heterocycles. The van der Waals surface area contributed by atoms with Crippen molar-refractivity contribution in [2.45, 2.75) is 26.5 Å². The van der Waals surface area contributed by atoms with Gasteiger partial charge in [-0.15, -0.1) is 0 Å². The molecule has 21 heavy (non-hydrogen) atoms. The lowest BCUT2D eigenvalue weighted by atomic mass is 10.1. The van der Waals surface area contributed by atoms with E-state index in [0.29, 0.717) is 19.6 Å². The molecule has 1 aromatic rings. The van der Waals surface area contributed by atoms with E-state index < -0.39 is 16.1 Å². The van der Waals surface area contributed by atoms with Crippen molar-refractivity contribution in [3.63, 3.8) is 0 Å². The van der Waals surface area contributed by atoms with Crippen LogP contribution in [-0.4, -0.2) is 72.0 Å². The van der Waals surface area contributed by atoms with Gasteiger partial charge in [-0.1, -0.05) is 0 Å². The van der Waals surface area contributed by atoms with Crippen LogP contribution < -0.4 is 0 Å². The van der Waals surface area contributed by atoms with Crippen molar-refractivity contribution in [3.05, 3.63) is 17.0 Å². The number of hydrogen-bond donors (Lipinski definition) is 2. The van der Waals surface area contributed by atoms with Crippen molar-refractivity contribution >= 4 is 10.0 Å². The fourth-order valence-electron chi connectivity index (χ4n) is 2.68. The molecular formula is C13H24N4O3S. The SMILES string of the molecule is Cc1n[nH]c(C)c1CN1C[C@@H](CS(=O)(=O)N(C)C)[C@@H](O)C1. The average molecular weight is 316 g/mol. The van der Waals surface area contributed by atoms with Gasteiger partial charge < -0.3 is 5.11 Å². The van der Waals surface area contributed by atoms with Gasteiger partial charge in [0.2, 0.25) is 10.0 Å². The van der Waals surface area contributed by atoms with E-state index in [1.54, 1.807) is 0 Å². The zero-order valence-corrected chi connectivity index (χ0v) is 13.8. The number of aryl methyl sites for hydroxylation is 2. The molecule has 0 aromatic carbocycles. The first kappa shape index (κ1) is 16.4. The summed E-state index contributed by atoms with van der Waals surface area (Å²) in [6.07, 6.45) is -0.604. The fraction of sp³-hybridized carbons (Fsp3) is 0.769. The normalized spacial score (nSPS) is 24.1. The largest absolute Gasteiger partial charge is 0.391 e. The Balaban J connectivity index is 2.02. The van der Waals surface area contributed by atoms with E-state index >= 15 is 0 Å².